The zero-order valence-electron chi connectivity index (χ0n) is 66.9. The molecule has 0 saturated heterocycles. The van der Waals surface area contributed by atoms with E-state index >= 15 is 24.0 Å². The molecule has 636 valence electrons. The number of aromatic nitrogens is 1. The van der Waals surface area contributed by atoms with Gasteiger partial charge in [0.1, 0.15) is 77.7 Å². The van der Waals surface area contributed by atoms with Crippen LogP contribution in [0.5, 0.6) is 5.75 Å². The standard InChI is InChI=1S/C78H108N18O19S2/c1-39(64(82)103)85-67(106)56(36-59(80)101)89-65(104)51(22-16-17-31-83-41(3)98)93-75(114)76(5,6)96-71(110)54(34-44-23-26-45-18-12-13-19-46(45)32-44)88-68(107)53(33-43-24-27-48(115-11)28-25-43)91-74(113)63(78(9,10)117)95-66(105)52(29-30-58(79)100)87-69(108)55(35-47-38-84-50-21-15-14-20-49(47)50)90-72(111)61(40(2)97)94-70(109)57(37-60(81)102)92-73(112)62(77(7,8)116)86-42(4)99/h12-15,18-21,23-28,32,38-40,51-57,61-63,84,97,116-117H,16-17,22,29-31,33-37H2,1-11H3,(H2,79,100)(H2,80,101)(H2,81,102)(H2,82,103)(H,83,98)(H,85,106)(H,86,99)(H,87,108)(H,88,107)(H,89,104)(H,90,111)(H,91,113)(H,92,112)(H,93,114)(H,94,109)(H,95,105)(H,96,110)/t39-,40+,51-,52-,53-,54-,55-,56-,57-,61-,62+,63+/m0/s1. The van der Waals surface area contributed by atoms with Crippen molar-refractivity contribution in [1.82, 2.24) is 74.1 Å². The molecule has 23 N–H and O–H groups in total. The fourth-order valence-corrected chi connectivity index (χ4v) is 12.5. The Kier molecular flexibility index (Phi) is 35.8. The lowest BCUT2D eigenvalue weighted by molar-refractivity contribution is -0.138. The number of aromatic amines is 1. The first-order valence-corrected chi connectivity index (χ1v) is 38.4. The molecule has 17 amide bonds. The summed E-state index contributed by atoms with van der Waals surface area (Å²) in [4.78, 5) is 236. The molecule has 0 aliphatic heterocycles. The molecule has 117 heavy (non-hydrogen) atoms. The molecular formula is C78H108N18O19S2. The molecule has 0 aliphatic rings. The molecule has 0 bridgehead atoms. The highest BCUT2D eigenvalue weighted by Crippen LogP contribution is 2.24. The molecule has 4 aromatic carbocycles. The van der Waals surface area contributed by atoms with Crippen molar-refractivity contribution in [3.05, 3.63) is 114 Å². The normalized spacial score (nSPS) is 14.6. The number of thiol groups is 2. The second-order valence-electron chi connectivity index (χ2n) is 30.1. The van der Waals surface area contributed by atoms with Crippen LogP contribution < -0.4 is 96.8 Å². The molecule has 1 heterocycles. The van der Waals surface area contributed by atoms with Crippen molar-refractivity contribution in [2.75, 3.05) is 13.7 Å². The number of methoxy groups -OCH3 is 1. The Morgan fingerprint density at radius 3 is 1.50 bits per heavy atom. The van der Waals surface area contributed by atoms with Crippen LogP contribution in [0.15, 0.2) is 97.2 Å². The first-order chi connectivity index (χ1) is 54.7. The summed E-state index contributed by atoms with van der Waals surface area (Å²) in [6, 6.07) is 7.47. The summed E-state index contributed by atoms with van der Waals surface area (Å²) < 4.78 is 2.54. The predicted octanol–water partition coefficient (Wildman–Crippen LogP) is -2.77. The Balaban J connectivity index is 1.52. The van der Waals surface area contributed by atoms with E-state index in [2.05, 4.69) is 86.7 Å². The van der Waals surface area contributed by atoms with Crippen molar-refractivity contribution < 1.29 is 91.4 Å². The highest BCUT2D eigenvalue weighted by molar-refractivity contribution is 7.82. The molecule has 0 radical (unpaired) electrons. The van der Waals surface area contributed by atoms with Crippen molar-refractivity contribution in [2.24, 2.45) is 22.9 Å². The summed E-state index contributed by atoms with van der Waals surface area (Å²) >= 11 is 9.12. The summed E-state index contributed by atoms with van der Waals surface area (Å²) in [5.74, 6) is -16.3. The quantitative estimate of drug-likeness (QED) is 0.0139. The number of primary amides is 4. The molecule has 1 aromatic heterocycles. The number of amides is 17. The van der Waals surface area contributed by atoms with Crippen molar-refractivity contribution >= 4 is 147 Å². The largest absolute Gasteiger partial charge is 0.497 e. The van der Waals surface area contributed by atoms with Gasteiger partial charge in [0, 0.05) is 72.7 Å². The number of aliphatic hydroxyl groups excluding tert-OH is 1. The van der Waals surface area contributed by atoms with Crippen molar-refractivity contribution in [2.45, 2.75) is 221 Å². The predicted molar refractivity (Wildman–Crippen MR) is 437 cm³/mol. The molecule has 39 heteroatoms. The van der Waals surface area contributed by atoms with Gasteiger partial charge in [-0.05, 0) is 127 Å². The number of H-pyrrole nitrogens is 1. The number of carbonyl (C=O) groups excluding carboxylic acids is 17. The lowest BCUT2D eigenvalue weighted by Crippen LogP contribution is -2.64. The topological polar surface area (TPSA) is 596 Å². The zero-order valence-corrected chi connectivity index (χ0v) is 68.7. The van der Waals surface area contributed by atoms with Gasteiger partial charge in [0.25, 0.3) is 0 Å². The smallest absolute Gasteiger partial charge is 0.245 e. The summed E-state index contributed by atoms with van der Waals surface area (Å²) in [7, 11) is 1.42. The summed E-state index contributed by atoms with van der Waals surface area (Å²) in [6.07, 6.45) is -3.62. The van der Waals surface area contributed by atoms with Crippen LogP contribution in [0.4, 0.5) is 0 Å². The van der Waals surface area contributed by atoms with Gasteiger partial charge in [0.05, 0.1) is 26.1 Å². The average Bonchev–Trinajstić information content (AvgIpc) is 1.49. The number of carbonyl (C=O) groups is 17. The second-order valence-corrected chi connectivity index (χ2v) is 32.4. The maximum absolute atomic E-state index is 15.4. The molecule has 5 rings (SSSR count). The van der Waals surface area contributed by atoms with E-state index in [9.17, 15) is 62.6 Å². The van der Waals surface area contributed by atoms with Crippen molar-refractivity contribution in [3.63, 3.8) is 0 Å². The van der Waals surface area contributed by atoms with Gasteiger partial charge in [-0.3, -0.25) is 81.5 Å². The molecule has 0 fully saturated rings. The van der Waals surface area contributed by atoms with E-state index in [-0.39, 0.29) is 51.0 Å². The molecule has 0 unspecified atom stereocenters. The molecule has 37 nitrogen and oxygen atoms in total. The van der Waals surface area contributed by atoms with E-state index in [1.165, 1.54) is 68.7 Å². The number of unbranched alkanes of at least 4 members (excludes halogenated alkanes) is 1. The molecule has 5 aromatic rings. The van der Waals surface area contributed by atoms with Crippen LogP contribution >= 0.6 is 25.3 Å². The number of nitrogens with two attached hydrogens (primary N) is 4. The molecule has 12 atom stereocenters. The number of ether oxygens (including phenoxy) is 1. The zero-order chi connectivity index (χ0) is 87.6. The van der Waals surface area contributed by atoms with E-state index < -0.39 is 208 Å². The summed E-state index contributed by atoms with van der Waals surface area (Å²) in [6.45, 7) is 13.4. The van der Waals surface area contributed by atoms with Crippen LogP contribution in [-0.2, 0) is 101 Å². The number of aliphatic hydroxyl groups is 1. The number of nitrogens with one attached hydrogen (secondary N) is 14. The minimum atomic E-state index is -1.98. The SMILES string of the molecule is COc1ccc(C[C@H](NC(=O)[C@@H](NC(=O)[C@H](CCC(N)=O)NC(=O)[C@H](Cc2c[nH]c3ccccc23)NC(=O)[C@@H](NC(=O)[C@H](CC(N)=O)NC(=O)[C@@H](NC(C)=O)C(C)(C)S)[C@@H](C)O)C(C)(C)S)C(=O)N[C@@H](Cc2ccc3ccccc3c2)C(=O)NC(C)(C)C(=O)N[C@@H](CCCCNC(C)=O)C(=O)N[C@@H](CC(N)=O)C(=O)N[C@@H](C)C(N)=O)cc1. The molecule has 0 spiro atoms. The first kappa shape index (κ1) is 95.7. The number of para-hydroxylation sites is 1. The van der Waals surface area contributed by atoms with E-state index in [0.717, 1.165) is 24.6 Å². The Morgan fingerprint density at radius 1 is 0.470 bits per heavy atom. The minimum absolute atomic E-state index is 0.140. The van der Waals surface area contributed by atoms with Gasteiger partial charge in [0.2, 0.25) is 100 Å². The van der Waals surface area contributed by atoms with E-state index in [1.807, 2.05) is 18.2 Å². The Morgan fingerprint density at radius 2 is 0.940 bits per heavy atom. The van der Waals surface area contributed by atoms with E-state index in [0.29, 0.717) is 33.3 Å². The molecule has 0 saturated carbocycles. The Hall–Kier alpha value is -11.9. The van der Waals surface area contributed by atoms with Gasteiger partial charge in [-0.25, -0.2) is 0 Å². The summed E-state index contributed by atoms with van der Waals surface area (Å²) in [5.41, 5.74) is 21.8. The summed E-state index contributed by atoms with van der Waals surface area (Å²) in [5, 5.41) is 46.0. The highest BCUT2D eigenvalue weighted by Gasteiger charge is 2.43. The van der Waals surface area contributed by atoms with Crippen LogP contribution in [0, 0.1) is 0 Å². The third-order valence-corrected chi connectivity index (χ3v) is 19.1. The van der Waals surface area contributed by atoms with Crippen LogP contribution in [-0.4, -0.2) is 212 Å². The number of benzene rings is 4. The minimum Gasteiger partial charge on any atom is -0.497 e. The first-order valence-electron chi connectivity index (χ1n) is 37.5. The highest BCUT2D eigenvalue weighted by atomic mass is 32.1. The second kappa shape index (κ2) is 43.7. The monoisotopic (exact) mass is 1660 g/mol. The molecular weight excluding hydrogens is 1560 g/mol. The number of hydrogen-bond donors (Lipinski definition) is 21. The molecule has 0 aliphatic carbocycles. The van der Waals surface area contributed by atoms with E-state index in [4.69, 9.17) is 40.3 Å². The maximum atomic E-state index is 15.4. The van der Waals surface area contributed by atoms with Crippen LogP contribution in [0.2, 0.25) is 0 Å². The van der Waals surface area contributed by atoms with Crippen LogP contribution in [0.3, 0.4) is 0 Å². The van der Waals surface area contributed by atoms with Crippen molar-refractivity contribution in [3.8, 4) is 5.75 Å². The van der Waals surface area contributed by atoms with Gasteiger partial charge in [-0.15, -0.1) is 0 Å². The Labute approximate surface area is 686 Å². The van der Waals surface area contributed by atoms with Gasteiger partial charge in [0.15, 0.2) is 0 Å². The van der Waals surface area contributed by atoms with Crippen molar-refractivity contribution in [1.29, 1.82) is 0 Å². The van der Waals surface area contributed by atoms with Gasteiger partial charge >= 0.3 is 0 Å². The lowest BCUT2D eigenvalue weighted by atomic mass is 9.97. The van der Waals surface area contributed by atoms with Gasteiger partial charge in [-0.1, -0.05) is 72.8 Å². The number of rotatable bonds is 46. The van der Waals surface area contributed by atoms with Gasteiger partial charge < -0.3 is 107 Å². The Bertz CT molecular complexity index is 4470. The number of fused-ring (bicyclic) bond motifs is 2. The van der Waals surface area contributed by atoms with Crippen LogP contribution in [0.1, 0.15) is 131 Å². The fraction of sp³-hybridized carbons (Fsp3) is 0.474. The lowest BCUT2D eigenvalue weighted by Gasteiger charge is -2.33. The third kappa shape index (κ3) is 30.7. The average molecular weight is 1670 g/mol. The fourth-order valence-electron chi connectivity index (χ4n) is 12.1. The maximum Gasteiger partial charge on any atom is 0.245 e. The van der Waals surface area contributed by atoms with E-state index in [1.54, 1.807) is 72.8 Å². The van der Waals surface area contributed by atoms with Gasteiger partial charge in [-0.2, -0.15) is 25.3 Å². The third-order valence-electron chi connectivity index (χ3n) is 18.6. The van der Waals surface area contributed by atoms with Crippen LogP contribution in [0.25, 0.3) is 21.7 Å². The number of hydrogen-bond acceptors (Lipinski definition) is 21.